The minimum absolute atomic E-state index is 0.0730. The summed E-state index contributed by atoms with van der Waals surface area (Å²) in [5.74, 6) is -1.33. The minimum Gasteiger partial charge on any atom is -0.481 e. The van der Waals surface area contributed by atoms with E-state index in [1.807, 2.05) is 0 Å². The Hall–Kier alpha value is -2.44. The van der Waals surface area contributed by atoms with Crippen LogP contribution < -0.4 is 5.32 Å². The summed E-state index contributed by atoms with van der Waals surface area (Å²) in [4.78, 5) is 23.1. The lowest BCUT2D eigenvalue weighted by molar-refractivity contribution is -0.141. The Morgan fingerprint density at radius 2 is 2.19 bits per heavy atom. The maximum absolute atomic E-state index is 12.2. The third kappa shape index (κ3) is 2.58. The number of nitrogens with zero attached hydrogens (tertiary/aromatic N) is 3. The lowest BCUT2D eigenvalue weighted by Crippen LogP contribution is -2.33. The van der Waals surface area contributed by atoms with Gasteiger partial charge in [-0.15, -0.1) is 5.10 Å². The molecule has 3 rings (SSSR count). The van der Waals surface area contributed by atoms with Gasteiger partial charge in [0.25, 0.3) is 5.91 Å². The molecule has 0 aliphatic heterocycles. The molecule has 7 nitrogen and oxygen atoms in total. The van der Waals surface area contributed by atoms with Crippen LogP contribution in [0.15, 0.2) is 18.2 Å². The van der Waals surface area contributed by atoms with Gasteiger partial charge in [0.05, 0.1) is 11.4 Å². The Labute approximate surface area is 120 Å². The number of carbonyl (C=O) groups is 2. The van der Waals surface area contributed by atoms with Gasteiger partial charge in [-0.3, -0.25) is 9.59 Å². The van der Waals surface area contributed by atoms with E-state index in [2.05, 4.69) is 15.6 Å². The van der Waals surface area contributed by atoms with Crippen molar-refractivity contribution in [3.05, 3.63) is 23.8 Å². The van der Waals surface area contributed by atoms with Crippen molar-refractivity contribution in [1.29, 1.82) is 0 Å². The molecule has 1 fully saturated rings. The van der Waals surface area contributed by atoms with Crippen molar-refractivity contribution in [2.24, 2.45) is 13.0 Å². The average Bonchev–Trinajstić information content (AvgIpc) is 3.06. The maximum atomic E-state index is 12.2. The van der Waals surface area contributed by atoms with Crippen molar-refractivity contribution >= 4 is 22.9 Å². The molecular formula is C14H16N4O3. The number of aromatic nitrogens is 3. The molecule has 110 valence electrons. The summed E-state index contributed by atoms with van der Waals surface area (Å²) >= 11 is 0. The summed E-state index contributed by atoms with van der Waals surface area (Å²) in [7, 11) is 1.79. The van der Waals surface area contributed by atoms with E-state index in [4.69, 9.17) is 5.11 Å². The van der Waals surface area contributed by atoms with Crippen LogP contribution in [0.2, 0.25) is 0 Å². The number of aliphatic carboxylic acids is 1. The molecule has 1 saturated carbocycles. The number of rotatable bonds is 3. The zero-order chi connectivity index (χ0) is 15.0. The van der Waals surface area contributed by atoms with E-state index in [0.29, 0.717) is 30.3 Å². The van der Waals surface area contributed by atoms with Gasteiger partial charge < -0.3 is 10.4 Å². The zero-order valence-corrected chi connectivity index (χ0v) is 11.6. The molecule has 0 saturated heterocycles. The van der Waals surface area contributed by atoms with Crippen molar-refractivity contribution in [3.63, 3.8) is 0 Å². The third-order valence-corrected chi connectivity index (χ3v) is 3.99. The van der Waals surface area contributed by atoms with Crippen molar-refractivity contribution in [3.8, 4) is 0 Å². The van der Waals surface area contributed by atoms with E-state index in [0.717, 1.165) is 5.52 Å². The summed E-state index contributed by atoms with van der Waals surface area (Å²) in [6, 6.07) is 5.15. The number of carbonyl (C=O) groups excluding carboxylic acids is 1. The molecule has 1 amide bonds. The Bertz CT molecular complexity index is 709. The topological polar surface area (TPSA) is 97.1 Å². The molecule has 1 aromatic heterocycles. The standard InChI is InChI=1S/C14H16N4O3/c1-18-12-5-3-8(7-11(12)16-17-18)13(19)15-10-4-2-9(6-10)14(20)21/h3,5,7,9-10H,2,4,6H2,1H3,(H,15,19)(H,20,21)/t9-,10+/m1/s1. The number of hydrogen-bond acceptors (Lipinski definition) is 4. The summed E-state index contributed by atoms with van der Waals surface area (Å²) in [6.07, 6.45) is 1.81. The molecule has 2 atom stereocenters. The number of aryl methyl sites for hydroxylation is 1. The van der Waals surface area contributed by atoms with E-state index in [1.54, 1.807) is 29.9 Å². The Morgan fingerprint density at radius 3 is 2.90 bits per heavy atom. The first-order valence-corrected chi connectivity index (χ1v) is 6.87. The first-order valence-electron chi connectivity index (χ1n) is 6.87. The van der Waals surface area contributed by atoms with E-state index in [-0.39, 0.29) is 17.9 Å². The SMILES string of the molecule is Cn1nnc2cc(C(=O)N[C@H]3CC[C@@H](C(=O)O)C3)ccc21. The largest absolute Gasteiger partial charge is 0.481 e. The van der Waals surface area contributed by atoms with Crippen molar-refractivity contribution in [2.75, 3.05) is 0 Å². The van der Waals surface area contributed by atoms with E-state index in [9.17, 15) is 9.59 Å². The molecule has 7 heteroatoms. The van der Waals surface area contributed by atoms with Gasteiger partial charge in [0.15, 0.2) is 0 Å². The third-order valence-electron chi connectivity index (χ3n) is 3.99. The fourth-order valence-corrected chi connectivity index (χ4v) is 2.79. The summed E-state index contributed by atoms with van der Waals surface area (Å²) in [5, 5.41) is 19.7. The quantitative estimate of drug-likeness (QED) is 0.876. The molecule has 1 aliphatic carbocycles. The summed E-state index contributed by atoms with van der Waals surface area (Å²) in [5.41, 5.74) is 2.04. The Balaban J connectivity index is 1.71. The molecule has 1 aromatic carbocycles. The van der Waals surface area contributed by atoms with E-state index >= 15 is 0 Å². The number of benzene rings is 1. The second-order valence-corrected chi connectivity index (χ2v) is 5.44. The zero-order valence-electron chi connectivity index (χ0n) is 11.6. The summed E-state index contributed by atoms with van der Waals surface area (Å²) < 4.78 is 1.64. The van der Waals surface area contributed by atoms with Crippen LogP contribution in [0.25, 0.3) is 11.0 Å². The molecule has 21 heavy (non-hydrogen) atoms. The molecule has 0 spiro atoms. The normalized spacial score (nSPS) is 21.6. The number of hydrogen-bond donors (Lipinski definition) is 2. The predicted molar refractivity (Wildman–Crippen MR) is 74.7 cm³/mol. The fourth-order valence-electron chi connectivity index (χ4n) is 2.79. The van der Waals surface area contributed by atoms with Crippen molar-refractivity contribution in [1.82, 2.24) is 20.3 Å². The van der Waals surface area contributed by atoms with E-state index < -0.39 is 5.97 Å². The second-order valence-electron chi connectivity index (χ2n) is 5.44. The first-order chi connectivity index (χ1) is 10.0. The van der Waals surface area contributed by atoms with Gasteiger partial charge in [-0.2, -0.15) is 0 Å². The van der Waals surface area contributed by atoms with Crippen molar-refractivity contribution < 1.29 is 14.7 Å². The van der Waals surface area contributed by atoms with Crippen LogP contribution in [0.3, 0.4) is 0 Å². The van der Waals surface area contributed by atoms with Gasteiger partial charge in [-0.05, 0) is 37.5 Å². The van der Waals surface area contributed by atoms with Gasteiger partial charge in [-0.25, -0.2) is 4.68 Å². The highest BCUT2D eigenvalue weighted by Gasteiger charge is 2.30. The van der Waals surface area contributed by atoms with Crippen LogP contribution in [0.5, 0.6) is 0 Å². The van der Waals surface area contributed by atoms with Crippen LogP contribution in [-0.2, 0) is 11.8 Å². The summed E-state index contributed by atoms with van der Waals surface area (Å²) in [6.45, 7) is 0. The molecule has 0 radical (unpaired) electrons. The molecular weight excluding hydrogens is 272 g/mol. The molecule has 2 N–H and O–H groups in total. The number of amides is 1. The van der Waals surface area contributed by atoms with Gasteiger partial charge in [0, 0.05) is 18.7 Å². The van der Waals surface area contributed by atoms with Gasteiger partial charge in [0.2, 0.25) is 0 Å². The number of fused-ring (bicyclic) bond motifs is 1. The number of carboxylic acid groups (broad SMARTS) is 1. The number of carboxylic acids is 1. The smallest absolute Gasteiger partial charge is 0.306 e. The van der Waals surface area contributed by atoms with Crippen LogP contribution in [-0.4, -0.2) is 38.0 Å². The highest BCUT2D eigenvalue weighted by atomic mass is 16.4. The fraction of sp³-hybridized carbons (Fsp3) is 0.429. The van der Waals surface area contributed by atoms with Crippen LogP contribution >= 0.6 is 0 Å². The number of nitrogens with one attached hydrogen (secondary N) is 1. The first kappa shape index (κ1) is 13.5. The maximum Gasteiger partial charge on any atom is 0.306 e. The molecule has 0 bridgehead atoms. The van der Waals surface area contributed by atoms with Gasteiger partial charge >= 0.3 is 5.97 Å². The molecule has 1 aliphatic rings. The predicted octanol–water partition coefficient (Wildman–Crippen LogP) is 0.951. The lowest BCUT2D eigenvalue weighted by Gasteiger charge is -2.12. The molecule has 0 unspecified atom stereocenters. The molecule has 2 aromatic rings. The van der Waals surface area contributed by atoms with Gasteiger partial charge in [-0.1, -0.05) is 5.21 Å². The van der Waals surface area contributed by atoms with Crippen LogP contribution in [0, 0.1) is 5.92 Å². The second kappa shape index (κ2) is 5.16. The highest BCUT2D eigenvalue weighted by molar-refractivity contribution is 5.97. The van der Waals surface area contributed by atoms with E-state index in [1.165, 1.54) is 0 Å². The Kier molecular flexibility index (Phi) is 3.32. The average molecular weight is 288 g/mol. The molecule has 1 heterocycles. The van der Waals surface area contributed by atoms with Gasteiger partial charge in [0.1, 0.15) is 5.52 Å². The minimum atomic E-state index is -0.785. The monoisotopic (exact) mass is 288 g/mol. The lowest BCUT2D eigenvalue weighted by atomic mass is 10.1. The van der Waals surface area contributed by atoms with Crippen LogP contribution in [0.1, 0.15) is 29.6 Å². The van der Waals surface area contributed by atoms with Crippen LogP contribution in [0.4, 0.5) is 0 Å². The Morgan fingerprint density at radius 1 is 1.38 bits per heavy atom. The van der Waals surface area contributed by atoms with Crippen molar-refractivity contribution in [2.45, 2.75) is 25.3 Å². The highest BCUT2D eigenvalue weighted by Crippen LogP contribution is 2.26.